The van der Waals surface area contributed by atoms with Crippen molar-refractivity contribution >= 4 is 17.3 Å². The van der Waals surface area contributed by atoms with Crippen LogP contribution in [0.3, 0.4) is 0 Å². The highest BCUT2D eigenvalue weighted by Gasteiger charge is 2.22. The Morgan fingerprint density at radius 1 is 0.871 bits per heavy atom. The number of nitro benzene ring substituents is 1. The second-order valence-electron chi connectivity index (χ2n) is 7.35. The summed E-state index contributed by atoms with van der Waals surface area (Å²) >= 11 is 0. The zero-order valence-electron chi connectivity index (χ0n) is 17.0. The van der Waals surface area contributed by atoms with E-state index in [2.05, 4.69) is 4.90 Å². The van der Waals surface area contributed by atoms with Crippen LogP contribution in [-0.2, 0) is 6.61 Å². The van der Waals surface area contributed by atoms with Gasteiger partial charge in [-0.05, 0) is 42.0 Å². The second kappa shape index (κ2) is 9.30. The SMILES string of the molecule is O=C(c1ccc(COc2ccccc2)cc1)N1CCN(c2ccc([N+](=O)[O-])cc2)CC1. The maximum atomic E-state index is 12.9. The van der Waals surface area contributed by atoms with Crippen molar-refractivity contribution in [1.82, 2.24) is 4.90 Å². The Kier molecular flexibility index (Phi) is 6.12. The predicted octanol–water partition coefficient (Wildman–Crippen LogP) is 4.14. The predicted molar refractivity (Wildman–Crippen MR) is 118 cm³/mol. The van der Waals surface area contributed by atoms with Gasteiger partial charge < -0.3 is 14.5 Å². The molecule has 1 heterocycles. The van der Waals surface area contributed by atoms with Crippen LogP contribution in [0, 0.1) is 10.1 Å². The van der Waals surface area contributed by atoms with E-state index in [1.54, 1.807) is 12.1 Å². The molecule has 4 rings (SSSR count). The van der Waals surface area contributed by atoms with Crippen molar-refractivity contribution in [2.75, 3.05) is 31.1 Å². The largest absolute Gasteiger partial charge is 0.489 e. The summed E-state index contributed by atoms with van der Waals surface area (Å²) in [6, 6.07) is 23.7. The van der Waals surface area contributed by atoms with Crippen molar-refractivity contribution in [3.05, 3.63) is 100 Å². The lowest BCUT2D eigenvalue weighted by Gasteiger charge is -2.36. The first-order valence-corrected chi connectivity index (χ1v) is 10.2. The summed E-state index contributed by atoms with van der Waals surface area (Å²) in [6.07, 6.45) is 0. The number of carbonyl (C=O) groups is 1. The Bertz CT molecular complexity index is 1030. The van der Waals surface area contributed by atoms with Gasteiger partial charge in [0.15, 0.2) is 0 Å². The van der Waals surface area contributed by atoms with Gasteiger partial charge in [0.1, 0.15) is 12.4 Å². The Balaban J connectivity index is 1.30. The number of nitrogens with zero attached hydrogens (tertiary/aromatic N) is 3. The number of para-hydroxylation sites is 1. The van der Waals surface area contributed by atoms with E-state index in [1.165, 1.54) is 12.1 Å². The number of non-ortho nitro benzene ring substituents is 1. The molecule has 3 aromatic carbocycles. The molecule has 158 valence electrons. The third kappa shape index (κ3) is 5.01. The molecule has 1 aliphatic rings. The van der Waals surface area contributed by atoms with Gasteiger partial charge in [-0.25, -0.2) is 0 Å². The molecule has 0 bridgehead atoms. The molecular formula is C24H23N3O4. The molecule has 1 saturated heterocycles. The minimum atomic E-state index is -0.403. The van der Waals surface area contributed by atoms with Gasteiger partial charge in [0.2, 0.25) is 0 Å². The van der Waals surface area contributed by atoms with E-state index in [4.69, 9.17) is 4.74 Å². The molecule has 0 spiro atoms. The van der Waals surface area contributed by atoms with Gasteiger partial charge in [-0.2, -0.15) is 0 Å². The number of hydrogen-bond donors (Lipinski definition) is 0. The fourth-order valence-corrected chi connectivity index (χ4v) is 3.56. The van der Waals surface area contributed by atoms with Crippen molar-refractivity contribution in [3.8, 4) is 5.75 Å². The summed E-state index contributed by atoms with van der Waals surface area (Å²) in [7, 11) is 0. The molecular weight excluding hydrogens is 394 g/mol. The summed E-state index contributed by atoms with van der Waals surface area (Å²) in [4.78, 5) is 27.2. The van der Waals surface area contributed by atoms with Gasteiger partial charge in [-0.3, -0.25) is 14.9 Å². The van der Waals surface area contributed by atoms with Gasteiger partial charge in [-0.15, -0.1) is 0 Å². The number of rotatable bonds is 6. The average molecular weight is 417 g/mol. The first-order chi connectivity index (χ1) is 15.1. The molecule has 7 nitrogen and oxygen atoms in total. The highest BCUT2D eigenvalue weighted by molar-refractivity contribution is 5.94. The van der Waals surface area contributed by atoms with Gasteiger partial charge in [-0.1, -0.05) is 30.3 Å². The molecule has 0 saturated carbocycles. The van der Waals surface area contributed by atoms with E-state index in [9.17, 15) is 14.9 Å². The minimum Gasteiger partial charge on any atom is -0.489 e. The molecule has 0 unspecified atom stereocenters. The van der Waals surface area contributed by atoms with Gasteiger partial charge in [0.05, 0.1) is 4.92 Å². The number of benzene rings is 3. The Morgan fingerprint density at radius 2 is 1.52 bits per heavy atom. The molecule has 1 fully saturated rings. The lowest BCUT2D eigenvalue weighted by molar-refractivity contribution is -0.384. The summed E-state index contributed by atoms with van der Waals surface area (Å²) in [6.45, 7) is 3.04. The van der Waals surface area contributed by atoms with E-state index in [0.717, 1.165) is 17.0 Å². The first-order valence-electron chi connectivity index (χ1n) is 10.2. The fourth-order valence-electron chi connectivity index (χ4n) is 3.56. The average Bonchev–Trinajstić information content (AvgIpc) is 2.83. The van der Waals surface area contributed by atoms with Crippen LogP contribution in [0.4, 0.5) is 11.4 Å². The zero-order chi connectivity index (χ0) is 21.6. The fraction of sp³-hybridized carbons (Fsp3) is 0.208. The minimum absolute atomic E-state index is 0.0128. The Labute approximate surface area is 180 Å². The first kappa shape index (κ1) is 20.4. The summed E-state index contributed by atoms with van der Waals surface area (Å²) in [5, 5.41) is 10.8. The van der Waals surface area contributed by atoms with Crippen molar-refractivity contribution in [1.29, 1.82) is 0 Å². The normalized spacial score (nSPS) is 13.7. The highest BCUT2D eigenvalue weighted by Crippen LogP contribution is 2.21. The van der Waals surface area contributed by atoms with Crippen LogP contribution in [0.25, 0.3) is 0 Å². The molecule has 0 aromatic heterocycles. The maximum Gasteiger partial charge on any atom is 0.269 e. The van der Waals surface area contributed by atoms with Crippen LogP contribution in [0.15, 0.2) is 78.9 Å². The van der Waals surface area contributed by atoms with E-state index in [0.29, 0.717) is 38.3 Å². The highest BCUT2D eigenvalue weighted by atomic mass is 16.6. The summed E-state index contributed by atoms with van der Waals surface area (Å²) in [5.74, 6) is 0.826. The molecule has 0 atom stereocenters. The number of carbonyl (C=O) groups excluding carboxylic acids is 1. The van der Waals surface area contributed by atoms with Gasteiger partial charge in [0.25, 0.3) is 11.6 Å². The topological polar surface area (TPSA) is 75.9 Å². The molecule has 3 aromatic rings. The van der Waals surface area contributed by atoms with Crippen molar-refractivity contribution in [3.63, 3.8) is 0 Å². The molecule has 7 heteroatoms. The van der Waals surface area contributed by atoms with Crippen LogP contribution in [0.2, 0.25) is 0 Å². The van der Waals surface area contributed by atoms with Crippen LogP contribution in [0.5, 0.6) is 5.75 Å². The maximum absolute atomic E-state index is 12.9. The molecule has 1 aliphatic heterocycles. The third-order valence-corrected chi connectivity index (χ3v) is 5.34. The molecule has 0 aliphatic carbocycles. The number of piperazine rings is 1. The van der Waals surface area contributed by atoms with E-state index in [1.807, 2.05) is 59.5 Å². The molecule has 0 N–H and O–H groups in total. The van der Waals surface area contributed by atoms with E-state index >= 15 is 0 Å². The lowest BCUT2D eigenvalue weighted by atomic mass is 10.1. The Hall–Kier alpha value is -3.87. The quantitative estimate of drug-likeness (QED) is 0.445. The van der Waals surface area contributed by atoms with Crippen molar-refractivity contribution < 1.29 is 14.5 Å². The summed E-state index contributed by atoms with van der Waals surface area (Å²) < 4.78 is 5.74. The molecule has 31 heavy (non-hydrogen) atoms. The number of hydrogen-bond acceptors (Lipinski definition) is 5. The number of nitro groups is 1. The molecule has 0 radical (unpaired) electrons. The van der Waals surface area contributed by atoms with Crippen LogP contribution in [0.1, 0.15) is 15.9 Å². The third-order valence-electron chi connectivity index (χ3n) is 5.34. The lowest BCUT2D eigenvalue weighted by Crippen LogP contribution is -2.48. The monoisotopic (exact) mass is 417 g/mol. The zero-order valence-corrected chi connectivity index (χ0v) is 17.0. The van der Waals surface area contributed by atoms with Crippen molar-refractivity contribution in [2.24, 2.45) is 0 Å². The van der Waals surface area contributed by atoms with E-state index < -0.39 is 4.92 Å². The number of anilines is 1. The van der Waals surface area contributed by atoms with Crippen LogP contribution in [-0.4, -0.2) is 41.9 Å². The molecule has 1 amide bonds. The smallest absolute Gasteiger partial charge is 0.269 e. The Morgan fingerprint density at radius 3 is 2.13 bits per heavy atom. The van der Waals surface area contributed by atoms with E-state index in [-0.39, 0.29) is 11.6 Å². The number of ether oxygens (including phenoxy) is 1. The van der Waals surface area contributed by atoms with Gasteiger partial charge >= 0.3 is 0 Å². The summed E-state index contributed by atoms with van der Waals surface area (Å²) in [5.41, 5.74) is 2.67. The standard InChI is InChI=1S/C24H23N3O4/c28-24(20-8-6-19(7-9-20)18-31-23-4-2-1-3-5-23)26-16-14-25(15-17-26)21-10-12-22(13-11-21)27(29)30/h1-13H,14-18H2. The van der Waals surface area contributed by atoms with Crippen molar-refractivity contribution in [2.45, 2.75) is 6.61 Å². The second-order valence-corrected chi connectivity index (χ2v) is 7.35. The van der Waals surface area contributed by atoms with Crippen LogP contribution >= 0.6 is 0 Å². The number of amides is 1. The van der Waals surface area contributed by atoms with Gasteiger partial charge in [0, 0.05) is 49.6 Å². The van der Waals surface area contributed by atoms with Crippen LogP contribution < -0.4 is 9.64 Å².